The molecule has 0 spiro atoms. The Kier molecular flexibility index (Phi) is 6.57. The van der Waals surface area contributed by atoms with Crippen LogP contribution in [0.4, 0.5) is 0 Å². The summed E-state index contributed by atoms with van der Waals surface area (Å²) in [6.45, 7) is 3.31. The summed E-state index contributed by atoms with van der Waals surface area (Å²) >= 11 is 0. The Balaban J connectivity index is 2.52. The predicted octanol–water partition coefficient (Wildman–Crippen LogP) is 3.65. The fourth-order valence-corrected chi connectivity index (χ4v) is 2.65. The van der Waals surface area contributed by atoms with Gasteiger partial charge in [-0.15, -0.1) is 0 Å². The van der Waals surface area contributed by atoms with E-state index in [1.165, 1.54) is 6.92 Å². The molecule has 0 heterocycles. The van der Waals surface area contributed by atoms with Crippen LogP contribution < -0.4 is 4.74 Å². The minimum atomic E-state index is -0.811. The van der Waals surface area contributed by atoms with Crippen LogP contribution in [0.15, 0.2) is 54.6 Å². The number of carbonyl (C=O) groups is 2. The normalized spacial score (nSPS) is 12.8. The van der Waals surface area contributed by atoms with Gasteiger partial charge in [0.15, 0.2) is 0 Å². The number of benzene rings is 2. The van der Waals surface area contributed by atoms with Crippen molar-refractivity contribution < 1.29 is 23.8 Å². The zero-order valence-corrected chi connectivity index (χ0v) is 14.6. The number of hydrogen-bond donors (Lipinski definition) is 0. The molecule has 0 N–H and O–H groups in total. The monoisotopic (exact) mass is 342 g/mol. The smallest absolute Gasteiger partial charge is 0.317 e. The summed E-state index contributed by atoms with van der Waals surface area (Å²) < 4.78 is 16.0. The number of rotatable bonds is 7. The van der Waals surface area contributed by atoms with Gasteiger partial charge in [0.25, 0.3) is 0 Å². The van der Waals surface area contributed by atoms with Gasteiger partial charge < -0.3 is 14.2 Å². The largest absolute Gasteiger partial charge is 0.497 e. The molecule has 2 aromatic rings. The van der Waals surface area contributed by atoms with E-state index >= 15 is 0 Å². The van der Waals surface area contributed by atoms with E-state index < -0.39 is 24.0 Å². The van der Waals surface area contributed by atoms with Gasteiger partial charge in [0.1, 0.15) is 17.8 Å². The first-order chi connectivity index (χ1) is 12.1. The Hall–Kier alpha value is -2.82. The van der Waals surface area contributed by atoms with Crippen molar-refractivity contribution in [1.82, 2.24) is 0 Å². The molecular weight excluding hydrogens is 320 g/mol. The number of methoxy groups -OCH3 is 1. The number of carbonyl (C=O) groups excluding carboxylic acids is 2. The second-order valence-electron chi connectivity index (χ2n) is 5.45. The molecule has 2 unspecified atom stereocenters. The Labute approximate surface area is 147 Å². The zero-order chi connectivity index (χ0) is 18.2. The van der Waals surface area contributed by atoms with Crippen LogP contribution in [0.1, 0.15) is 37.0 Å². The van der Waals surface area contributed by atoms with E-state index in [-0.39, 0.29) is 6.61 Å². The third-order valence-electron chi connectivity index (χ3n) is 3.72. The second-order valence-corrected chi connectivity index (χ2v) is 5.45. The maximum atomic E-state index is 12.6. The number of esters is 2. The third-order valence-corrected chi connectivity index (χ3v) is 3.72. The Morgan fingerprint density at radius 2 is 1.68 bits per heavy atom. The van der Waals surface area contributed by atoms with Crippen molar-refractivity contribution in [2.24, 2.45) is 0 Å². The molecule has 25 heavy (non-hydrogen) atoms. The Morgan fingerprint density at radius 1 is 1.00 bits per heavy atom. The van der Waals surface area contributed by atoms with Crippen LogP contribution in [0.5, 0.6) is 5.75 Å². The van der Waals surface area contributed by atoms with Gasteiger partial charge in [-0.25, -0.2) is 0 Å². The lowest BCUT2D eigenvalue weighted by Crippen LogP contribution is -2.26. The fourth-order valence-electron chi connectivity index (χ4n) is 2.65. The lowest BCUT2D eigenvalue weighted by molar-refractivity contribution is -0.156. The summed E-state index contributed by atoms with van der Waals surface area (Å²) in [6.07, 6.45) is -0.811. The summed E-state index contributed by atoms with van der Waals surface area (Å²) in [7, 11) is 1.56. The van der Waals surface area contributed by atoms with Gasteiger partial charge in [-0.1, -0.05) is 42.5 Å². The summed E-state index contributed by atoms with van der Waals surface area (Å²) in [5.41, 5.74) is 1.38. The molecule has 2 aromatic carbocycles. The Bertz CT molecular complexity index is 711. The minimum Gasteiger partial charge on any atom is -0.497 e. The van der Waals surface area contributed by atoms with Gasteiger partial charge in [-0.2, -0.15) is 0 Å². The maximum Gasteiger partial charge on any atom is 0.317 e. The highest BCUT2D eigenvalue weighted by Gasteiger charge is 2.35. The first-order valence-corrected chi connectivity index (χ1v) is 8.09. The predicted molar refractivity (Wildman–Crippen MR) is 93.3 cm³/mol. The molecule has 132 valence electrons. The molecular formula is C20H22O5. The average molecular weight is 342 g/mol. The molecule has 2 rings (SSSR count). The molecule has 0 aromatic heterocycles. The lowest BCUT2D eigenvalue weighted by atomic mass is 9.89. The highest BCUT2D eigenvalue weighted by atomic mass is 16.6. The summed E-state index contributed by atoms with van der Waals surface area (Å²) in [4.78, 5) is 24.3. The summed E-state index contributed by atoms with van der Waals surface area (Å²) in [6, 6.07) is 16.3. The third kappa shape index (κ3) is 4.83. The van der Waals surface area contributed by atoms with Crippen molar-refractivity contribution in [1.29, 1.82) is 0 Å². The number of hydrogen-bond acceptors (Lipinski definition) is 5. The molecule has 2 atom stereocenters. The second kappa shape index (κ2) is 8.87. The van der Waals surface area contributed by atoms with Crippen LogP contribution in [0.25, 0.3) is 0 Å². The summed E-state index contributed by atoms with van der Waals surface area (Å²) in [5, 5.41) is 0. The van der Waals surface area contributed by atoms with E-state index in [0.717, 1.165) is 5.56 Å². The van der Waals surface area contributed by atoms with Crippen LogP contribution in [0.2, 0.25) is 0 Å². The van der Waals surface area contributed by atoms with Crippen molar-refractivity contribution in [3.8, 4) is 5.75 Å². The van der Waals surface area contributed by atoms with E-state index in [9.17, 15) is 9.59 Å². The standard InChI is InChI=1S/C20H22O5/c1-4-24-20(22)18(15-9-6-5-7-10-15)19(25-14(2)21)16-11-8-12-17(13-16)23-3/h5-13,18-19H,4H2,1-3H3. The molecule has 0 amide bonds. The molecule has 0 aliphatic carbocycles. The molecule has 5 nitrogen and oxygen atoms in total. The topological polar surface area (TPSA) is 61.8 Å². The van der Waals surface area contributed by atoms with Gasteiger partial charge in [0, 0.05) is 6.92 Å². The van der Waals surface area contributed by atoms with Gasteiger partial charge in [0.2, 0.25) is 0 Å². The van der Waals surface area contributed by atoms with Gasteiger partial charge in [0.05, 0.1) is 13.7 Å². The fraction of sp³-hybridized carbons (Fsp3) is 0.300. The average Bonchev–Trinajstić information content (AvgIpc) is 2.62. The van der Waals surface area contributed by atoms with E-state index in [1.807, 2.05) is 30.3 Å². The molecule has 0 saturated carbocycles. The van der Waals surface area contributed by atoms with E-state index in [0.29, 0.717) is 11.3 Å². The zero-order valence-electron chi connectivity index (χ0n) is 14.6. The minimum absolute atomic E-state index is 0.243. The van der Waals surface area contributed by atoms with Crippen molar-refractivity contribution >= 4 is 11.9 Å². The van der Waals surface area contributed by atoms with Crippen LogP contribution in [-0.4, -0.2) is 25.7 Å². The SMILES string of the molecule is CCOC(=O)C(c1ccccc1)C(OC(C)=O)c1cccc(OC)c1. The van der Waals surface area contributed by atoms with Gasteiger partial charge in [-0.05, 0) is 30.2 Å². The van der Waals surface area contributed by atoms with E-state index in [2.05, 4.69) is 0 Å². The quantitative estimate of drug-likeness (QED) is 0.719. The van der Waals surface area contributed by atoms with Crippen molar-refractivity contribution in [3.05, 3.63) is 65.7 Å². The van der Waals surface area contributed by atoms with Crippen LogP contribution in [0, 0.1) is 0 Å². The molecule has 0 saturated heterocycles. The van der Waals surface area contributed by atoms with Gasteiger partial charge in [-0.3, -0.25) is 9.59 Å². The van der Waals surface area contributed by atoms with Crippen molar-refractivity contribution in [2.45, 2.75) is 25.9 Å². The molecule has 5 heteroatoms. The van der Waals surface area contributed by atoms with Crippen molar-refractivity contribution in [3.63, 3.8) is 0 Å². The lowest BCUT2D eigenvalue weighted by Gasteiger charge is -2.26. The van der Waals surface area contributed by atoms with Gasteiger partial charge >= 0.3 is 11.9 Å². The molecule has 0 radical (unpaired) electrons. The van der Waals surface area contributed by atoms with Crippen molar-refractivity contribution in [2.75, 3.05) is 13.7 Å². The molecule has 0 aliphatic rings. The first-order valence-electron chi connectivity index (χ1n) is 8.09. The molecule has 0 fully saturated rings. The summed E-state index contributed by atoms with van der Waals surface area (Å²) in [5.74, 6) is -1.07. The molecule has 0 bridgehead atoms. The van der Waals surface area contributed by atoms with Crippen LogP contribution in [0.3, 0.4) is 0 Å². The number of ether oxygens (including phenoxy) is 3. The first kappa shape index (κ1) is 18.5. The highest BCUT2D eigenvalue weighted by Crippen LogP contribution is 2.36. The van der Waals surface area contributed by atoms with Crippen LogP contribution in [-0.2, 0) is 19.1 Å². The Morgan fingerprint density at radius 3 is 2.28 bits per heavy atom. The highest BCUT2D eigenvalue weighted by molar-refractivity contribution is 5.80. The molecule has 0 aliphatic heterocycles. The van der Waals surface area contributed by atoms with Crippen LogP contribution >= 0.6 is 0 Å². The maximum absolute atomic E-state index is 12.6. The van der Waals surface area contributed by atoms with E-state index in [4.69, 9.17) is 14.2 Å². The van der Waals surface area contributed by atoms with E-state index in [1.54, 1.807) is 38.3 Å².